The summed E-state index contributed by atoms with van der Waals surface area (Å²) in [5.74, 6) is 0. The van der Waals surface area contributed by atoms with Gasteiger partial charge >= 0.3 is 0 Å². The topological polar surface area (TPSA) is 49.5 Å². The lowest BCUT2D eigenvalue weighted by molar-refractivity contribution is 0.0792. The largest absolute Gasteiger partial charge is 0.398 e. The molecule has 4 heteroatoms. The van der Waals surface area contributed by atoms with Crippen LogP contribution in [0.4, 0.5) is 5.69 Å². The number of likely N-dealkylation sites (tertiary alicyclic amines) is 1. The number of nitrogens with zero attached hydrogens (tertiary/aromatic N) is 1. The van der Waals surface area contributed by atoms with E-state index in [0.717, 1.165) is 32.5 Å². The number of halogens is 1. The minimum Gasteiger partial charge on any atom is -0.398 e. The monoisotopic (exact) mass is 240 g/mol. The molecule has 0 bridgehead atoms. The van der Waals surface area contributed by atoms with Crippen molar-refractivity contribution in [2.24, 2.45) is 0 Å². The van der Waals surface area contributed by atoms with Gasteiger partial charge in [0.25, 0.3) is 0 Å². The molecule has 0 radical (unpaired) electrons. The second-order valence-electron chi connectivity index (χ2n) is 4.36. The maximum atomic E-state index is 9.41. The number of hydrogen-bond acceptors (Lipinski definition) is 3. The van der Waals surface area contributed by atoms with Crippen molar-refractivity contribution in [1.29, 1.82) is 0 Å². The van der Waals surface area contributed by atoms with Crippen LogP contribution >= 0.6 is 11.6 Å². The van der Waals surface area contributed by atoms with Crippen molar-refractivity contribution in [1.82, 2.24) is 4.90 Å². The van der Waals surface area contributed by atoms with E-state index < -0.39 is 0 Å². The first-order valence-electron chi connectivity index (χ1n) is 5.59. The minimum atomic E-state index is -0.119. The lowest BCUT2D eigenvalue weighted by Gasteiger charge is -2.29. The molecule has 3 nitrogen and oxygen atoms in total. The minimum absolute atomic E-state index is 0.119. The van der Waals surface area contributed by atoms with E-state index in [0.29, 0.717) is 10.7 Å². The van der Waals surface area contributed by atoms with Crippen molar-refractivity contribution >= 4 is 17.3 Å². The molecule has 1 aromatic carbocycles. The smallest absolute Gasteiger partial charge is 0.0635 e. The first-order valence-corrected chi connectivity index (χ1v) is 5.97. The number of aliphatic hydroxyl groups excluding tert-OH is 1. The summed E-state index contributed by atoms with van der Waals surface area (Å²) in [4.78, 5) is 2.33. The highest BCUT2D eigenvalue weighted by Gasteiger charge is 2.16. The van der Waals surface area contributed by atoms with Crippen molar-refractivity contribution < 1.29 is 5.11 Å². The van der Waals surface area contributed by atoms with Gasteiger partial charge in [0, 0.05) is 19.6 Å². The van der Waals surface area contributed by atoms with E-state index in [1.165, 1.54) is 5.56 Å². The van der Waals surface area contributed by atoms with Gasteiger partial charge in [0.2, 0.25) is 0 Å². The van der Waals surface area contributed by atoms with Crippen molar-refractivity contribution in [3.63, 3.8) is 0 Å². The third-order valence-electron chi connectivity index (χ3n) is 3.02. The van der Waals surface area contributed by atoms with E-state index >= 15 is 0 Å². The molecule has 16 heavy (non-hydrogen) atoms. The first-order chi connectivity index (χ1) is 7.65. The highest BCUT2D eigenvalue weighted by Crippen LogP contribution is 2.21. The summed E-state index contributed by atoms with van der Waals surface area (Å²) >= 11 is 5.87. The fraction of sp³-hybridized carbons (Fsp3) is 0.500. The summed E-state index contributed by atoms with van der Waals surface area (Å²) in [6, 6.07) is 5.77. The van der Waals surface area contributed by atoms with Crippen LogP contribution in [0.1, 0.15) is 18.4 Å². The van der Waals surface area contributed by atoms with Gasteiger partial charge < -0.3 is 10.8 Å². The fourth-order valence-corrected chi connectivity index (χ4v) is 2.14. The molecule has 1 aliphatic rings. The van der Waals surface area contributed by atoms with Gasteiger partial charge in [-0.05, 0) is 30.5 Å². The zero-order valence-corrected chi connectivity index (χ0v) is 9.95. The van der Waals surface area contributed by atoms with Crippen LogP contribution in [0.3, 0.4) is 0 Å². The third kappa shape index (κ3) is 2.88. The summed E-state index contributed by atoms with van der Waals surface area (Å²) in [6.07, 6.45) is 1.61. The number of hydrogen-bond donors (Lipinski definition) is 2. The Hall–Kier alpha value is -0.770. The Balaban J connectivity index is 1.96. The zero-order valence-electron chi connectivity index (χ0n) is 9.19. The summed E-state index contributed by atoms with van der Waals surface area (Å²) < 4.78 is 0. The molecule has 1 fully saturated rings. The van der Waals surface area contributed by atoms with Crippen LogP contribution in [0.15, 0.2) is 18.2 Å². The average molecular weight is 241 g/mol. The first kappa shape index (κ1) is 11.7. The number of rotatable bonds is 2. The van der Waals surface area contributed by atoms with Gasteiger partial charge in [-0.1, -0.05) is 17.7 Å². The predicted octanol–water partition coefficient (Wildman–Crippen LogP) is 1.88. The Labute approximate surface area is 101 Å². The van der Waals surface area contributed by atoms with Gasteiger partial charge in [-0.25, -0.2) is 0 Å². The third-order valence-corrected chi connectivity index (χ3v) is 3.37. The summed E-state index contributed by atoms with van der Waals surface area (Å²) in [5, 5.41) is 10.0. The molecule has 0 saturated carbocycles. The van der Waals surface area contributed by atoms with Crippen molar-refractivity contribution in [2.45, 2.75) is 25.5 Å². The van der Waals surface area contributed by atoms with Crippen LogP contribution in [0, 0.1) is 0 Å². The lowest BCUT2D eigenvalue weighted by atomic mass is 10.1. The molecule has 1 aromatic rings. The van der Waals surface area contributed by atoms with Crippen LogP contribution in [0.2, 0.25) is 5.02 Å². The van der Waals surface area contributed by atoms with Gasteiger partial charge in [0.15, 0.2) is 0 Å². The van der Waals surface area contributed by atoms with Gasteiger partial charge in [-0.3, -0.25) is 4.90 Å². The van der Waals surface area contributed by atoms with Crippen LogP contribution in [-0.4, -0.2) is 29.2 Å². The van der Waals surface area contributed by atoms with Crippen LogP contribution in [0.25, 0.3) is 0 Å². The fourth-order valence-electron chi connectivity index (χ4n) is 2.03. The molecule has 1 heterocycles. The van der Waals surface area contributed by atoms with Crippen LogP contribution in [0.5, 0.6) is 0 Å². The van der Waals surface area contributed by atoms with Gasteiger partial charge in [0.05, 0.1) is 16.8 Å². The van der Waals surface area contributed by atoms with Gasteiger partial charge in [-0.2, -0.15) is 0 Å². The van der Waals surface area contributed by atoms with E-state index in [2.05, 4.69) is 4.90 Å². The van der Waals surface area contributed by atoms with E-state index in [4.69, 9.17) is 17.3 Å². The average Bonchev–Trinajstić information content (AvgIpc) is 2.27. The van der Waals surface area contributed by atoms with E-state index in [1.54, 1.807) is 0 Å². The molecule has 2 rings (SSSR count). The Bertz CT molecular complexity index is 362. The number of benzene rings is 1. The quantitative estimate of drug-likeness (QED) is 0.776. The molecule has 1 saturated heterocycles. The molecule has 0 unspecified atom stereocenters. The number of anilines is 1. The number of nitrogen functional groups attached to an aromatic ring is 1. The Kier molecular flexibility index (Phi) is 3.69. The molecule has 0 aromatic heterocycles. The SMILES string of the molecule is Nc1cc(CN2CCC(O)CC2)ccc1Cl. The van der Waals surface area contributed by atoms with Crippen molar-refractivity contribution in [2.75, 3.05) is 18.8 Å². The van der Waals surface area contributed by atoms with Gasteiger partial charge in [-0.15, -0.1) is 0 Å². The van der Waals surface area contributed by atoms with E-state index in [1.807, 2.05) is 18.2 Å². The molecule has 0 aliphatic carbocycles. The van der Waals surface area contributed by atoms with Crippen molar-refractivity contribution in [3.8, 4) is 0 Å². The number of nitrogens with two attached hydrogens (primary N) is 1. The van der Waals surface area contributed by atoms with Crippen molar-refractivity contribution in [3.05, 3.63) is 28.8 Å². The highest BCUT2D eigenvalue weighted by atomic mass is 35.5. The summed E-state index contributed by atoms with van der Waals surface area (Å²) in [6.45, 7) is 2.78. The second kappa shape index (κ2) is 5.04. The number of aliphatic hydroxyl groups is 1. The highest BCUT2D eigenvalue weighted by molar-refractivity contribution is 6.33. The maximum absolute atomic E-state index is 9.41. The summed E-state index contributed by atoms with van der Waals surface area (Å²) in [7, 11) is 0. The zero-order chi connectivity index (χ0) is 11.5. The Morgan fingerprint density at radius 3 is 2.69 bits per heavy atom. The molecule has 1 aliphatic heterocycles. The van der Waals surface area contributed by atoms with Gasteiger partial charge in [0.1, 0.15) is 0 Å². The molecule has 88 valence electrons. The molecule has 0 amide bonds. The molecular weight excluding hydrogens is 224 g/mol. The molecule has 3 N–H and O–H groups in total. The summed E-state index contributed by atoms with van der Waals surface area (Å²) in [5.41, 5.74) is 7.57. The standard InChI is InChI=1S/C12H17ClN2O/c13-11-2-1-9(7-12(11)14)8-15-5-3-10(16)4-6-15/h1-2,7,10,16H,3-6,8,14H2. The van der Waals surface area contributed by atoms with Crippen LogP contribution < -0.4 is 5.73 Å². The normalized spacial score (nSPS) is 18.9. The second-order valence-corrected chi connectivity index (χ2v) is 4.77. The molecular formula is C12H17ClN2O. The molecule has 0 atom stereocenters. The van der Waals surface area contributed by atoms with E-state index in [9.17, 15) is 5.11 Å². The lowest BCUT2D eigenvalue weighted by Crippen LogP contribution is -2.35. The predicted molar refractivity (Wildman–Crippen MR) is 66.4 cm³/mol. The number of piperidine rings is 1. The Morgan fingerprint density at radius 2 is 2.06 bits per heavy atom. The maximum Gasteiger partial charge on any atom is 0.0635 e. The van der Waals surface area contributed by atoms with Crippen LogP contribution in [-0.2, 0) is 6.54 Å². The van der Waals surface area contributed by atoms with E-state index in [-0.39, 0.29) is 6.10 Å². The molecule has 0 spiro atoms. The Morgan fingerprint density at radius 1 is 1.38 bits per heavy atom.